The molecule has 0 aliphatic carbocycles. The molecule has 0 radical (unpaired) electrons. The van der Waals surface area contributed by atoms with E-state index in [1.165, 1.54) is 0 Å². The maximum absolute atomic E-state index is 12.6. The zero-order valence-electron chi connectivity index (χ0n) is 14.0. The van der Waals surface area contributed by atoms with E-state index in [-0.39, 0.29) is 29.2 Å². The first-order valence-corrected chi connectivity index (χ1v) is 9.84. The molecule has 0 spiro atoms. The molecule has 1 N–H and O–H groups in total. The van der Waals surface area contributed by atoms with Crippen LogP contribution in [0.2, 0.25) is 0 Å². The summed E-state index contributed by atoms with van der Waals surface area (Å²) >= 11 is 0. The quantitative estimate of drug-likeness (QED) is 0.901. The highest BCUT2D eigenvalue weighted by molar-refractivity contribution is 7.91. The fourth-order valence-corrected chi connectivity index (χ4v) is 4.82. The number of fused-ring (bicyclic) bond motifs is 1. The summed E-state index contributed by atoms with van der Waals surface area (Å²) in [6.45, 7) is 6.09. The van der Waals surface area contributed by atoms with Crippen LogP contribution in [0, 0.1) is 12.8 Å². The first kappa shape index (κ1) is 16.9. The lowest BCUT2D eigenvalue weighted by Crippen LogP contribution is -2.30. The maximum Gasteiger partial charge on any atom is 0.259 e. The second kappa shape index (κ2) is 6.16. The molecule has 0 bridgehead atoms. The number of aryl methyl sites for hydroxylation is 1. The summed E-state index contributed by atoms with van der Waals surface area (Å²) in [7, 11) is -2.94. The van der Waals surface area contributed by atoms with Gasteiger partial charge in [-0.2, -0.15) is 0 Å². The summed E-state index contributed by atoms with van der Waals surface area (Å²) in [4.78, 5) is 17.1. The van der Waals surface area contributed by atoms with Gasteiger partial charge in [0.2, 0.25) is 0 Å². The number of pyridine rings is 1. The Kier molecular flexibility index (Phi) is 4.33. The van der Waals surface area contributed by atoms with Crippen LogP contribution in [0.25, 0.3) is 11.1 Å². The molecule has 2 aromatic rings. The number of nitrogens with zero attached hydrogens (tertiary/aromatic N) is 2. The third-order valence-corrected chi connectivity index (χ3v) is 6.19. The molecular weight excluding hydrogens is 330 g/mol. The number of hydrogen-bond donors (Lipinski definition) is 1. The molecule has 7 nitrogen and oxygen atoms in total. The molecule has 3 heterocycles. The van der Waals surface area contributed by atoms with Gasteiger partial charge in [-0.1, -0.05) is 19.0 Å². The SMILES string of the molecule is Cc1noc2nc(C(C)C)cc(C(=O)NCC3CCS(=O)(=O)C3)c12. The average molecular weight is 351 g/mol. The molecule has 0 aromatic carbocycles. The van der Waals surface area contributed by atoms with Gasteiger partial charge in [0, 0.05) is 12.2 Å². The van der Waals surface area contributed by atoms with Gasteiger partial charge in [0.15, 0.2) is 9.84 Å². The van der Waals surface area contributed by atoms with E-state index in [9.17, 15) is 13.2 Å². The number of carbonyl (C=O) groups is 1. The lowest BCUT2D eigenvalue weighted by atomic mass is 10.0. The maximum atomic E-state index is 12.6. The summed E-state index contributed by atoms with van der Waals surface area (Å²) in [6.07, 6.45) is 0.595. The monoisotopic (exact) mass is 351 g/mol. The zero-order chi connectivity index (χ0) is 17.5. The van der Waals surface area contributed by atoms with Crippen molar-refractivity contribution in [2.45, 2.75) is 33.1 Å². The van der Waals surface area contributed by atoms with Crippen molar-refractivity contribution in [1.29, 1.82) is 0 Å². The smallest absolute Gasteiger partial charge is 0.259 e. The van der Waals surface area contributed by atoms with E-state index < -0.39 is 9.84 Å². The zero-order valence-corrected chi connectivity index (χ0v) is 14.8. The van der Waals surface area contributed by atoms with Crippen LogP contribution in [-0.4, -0.2) is 42.5 Å². The van der Waals surface area contributed by atoms with Crippen molar-refractivity contribution < 1.29 is 17.7 Å². The second-order valence-electron chi connectivity index (χ2n) is 6.68. The molecule has 0 saturated carbocycles. The van der Waals surface area contributed by atoms with E-state index >= 15 is 0 Å². The topological polar surface area (TPSA) is 102 Å². The minimum absolute atomic E-state index is 0.0237. The standard InChI is InChI=1S/C16H21N3O4S/c1-9(2)13-6-12(14-10(3)19-23-16(14)18-13)15(20)17-7-11-4-5-24(21,22)8-11/h6,9,11H,4-5,7-8H2,1-3H3,(H,17,20). The van der Waals surface area contributed by atoms with Gasteiger partial charge >= 0.3 is 0 Å². The Balaban J connectivity index is 1.85. The van der Waals surface area contributed by atoms with Crippen LogP contribution in [0.1, 0.15) is 47.9 Å². The van der Waals surface area contributed by atoms with Gasteiger partial charge < -0.3 is 9.84 Å². The Bertz CT molecular complexity index is 886. The van der Waals surface area contributed by atoms with E-state index in [2.05, 4.69) is 15.5 Å². The lowest BCUT2D eigenvalue weighted by Gasteiger charge is -2.12. The van der Waals surface area contributed by atoms with Crippen LogP contribution < -0.4 is 5.32 Å². The summed E-state index contributed by atoms with van der Waals surface area (Å²) in [5.74, 6) is 0.216. The predicted octanol–water partition coefficient (Wildman–Crippen LogP) is 1.82. The fourth-order valence-electron chi connectivity index (χ4n) is 2.95. The van der Waals surface area contributed by atoms with Crippen molar-refractivity contribution in [2.24, 2.45) is 5.92 Å². The van der Waals surface area contributed by atoms with Gasteiger partial charge in [-0.3, -0.25) is 4.79 Å². The van der Waals surface area contributed by atoms with Crippen LogP contribution in [0.3, 0.4) is 0 Å². The van der Waals surface area contributed by atoms with Gasteiger partial charge in [0.1, 0.15) is 0 Å². The molecule has 1 atom stereocenters. The molecule has 1 saturated heterocycles. The van der Waals surface area contributed by atoms with E-state index in [0.717, 1.165) is 5.69 Å². The van der Waals surface area contributed by atoms with Crippen molar-refractivity contribution in [1.82, 2.24) is 15.5 Å². The normalized spacial score (nSPS) is 19.9. The molecule has 1 fully saturated rings. The molecule has 1 aliphatic heterocycles. The summed E-state index contributed by atoms with van der Waals surface area (Å²) in [5, 5.41) is 7.36. The fraction of sp³-hybridized carbons (Fsp3) is 0.562. The molecule has 1 amide bonds. The number of rotatable bonds is 4. The molecule has 2 aromatic heterocycles. The number of nitrogens with one attached hydrogen (secondary N) is 1. The highest BCUT2D eigenvalue weighted by Crippen LogP contribution is 2.25. The van der Waals surface area contributed by atoms with Crippen molar-refractivity contribution in [3.05, 3.63) is 23.0 Å². The van der Waals surface area contributed by atoms with Crippen molar-refractivity contribution >= 4 is 26.8 Å². The molecule has 24 heavy (non-hydrogen) atoms. The lowest BCUT2D eigenvalue weighted by molar-refractivity contribution is 0.0950. The van der Waals surface area contributed by atoms with Crippen molar-refractivity contribution in [2.75, 3.05) is 18.1 Å². The van der Waals surface area contributed by atoms with Crippen molar-refractivity contribution in [3.8, 4) is 0 Å². The Morgan fingerprint density at radius 2 is 2.21 bits per heavy atom. The van der Waals surface area contributed by atoms with E-state index in [1.54, 1.807) is 13.0 Å². The predicted molar refractivity (Wildman–Crippen MR) is 89.7 cm³/mol. The van der Waals surface area contributed by atoms with Crippen LogP contribution >= 0.6 is 0 Å². The minimum atomic E-state index is -2.94. The van der Waals surface area contributed by atoms with Gasteiger partial charge in [-0.25, -0.2) is 13.4 Å². The molecule has 1 aliphatic rings. The van der Waals surface area contributed by atoms with E-state index in [1.807, 2.05) is 13.8 Å². The highest BCUT2D eigenvalue weighted by Gasteiger charge is 2.28. The second-order valence-corrected chi connectivity index (χ2v) is 8.91. The Hall–Kier alpha value is -1.96. The van der Waals surface area contributed by atoms with Crippen LogP contribution in [0.15, 0.2) is 10.6 Å². The summed E-state index contributed by atoms with van der Waals surface area (Å²) < 4.78 is 28.3. The molecule has 8 heteroatoms. The van der Waals surface area contributed by atoms with E-state index in [0.29, 0.717) is 35.3 Å². The largest absolute Gasteiger partial charge is 0.352 e. The number of amides is 1. The van der Waals surface area contributed by atoms with Crippen LogP contribution in [-0.2, 0) is 9.84 Å². The van der Waals surface area contributed by atoms with Crippen molar-refractivity contribution in [3.63, 3.8) is 0 Å². The molecule has 130 valence electrons. The van der Waals surface area contributed by atoms with Gasteiger partial charge in [-0.05, 0) is 31.2 Å². The number of hydrogen-bond acceptors (Lipinski definition) is 6. The summed E-state index contributed by atoms with van der Waals surface area (Å²) in [5.41, 5.74) is 2.20. The summed E-state index contributed by atoms with van der Waals surface area (Å²) in [6, 6.07) is 1.76. The average Bonchev–Trinajstić information content (AvgIpc) is 3.06. The van der Waals surface area contributed by atoms with E-state index in [4.69, 9.17) is 4.52 Å². The number of sulfone groups is 1. The third-order valence-electron chi connectivity index (χ3n) is 4.35. The van der Waals surface area contributed by atoms with Crippen LogP contribution in [0.4, 0.5) is 0 Å². The number of aromatic nitrogens is 2. The Morgan fingerprint density at radius 3 is 2.83 bits per heavy atom. The van der Waals surface area contributed by atoms with Gasteiger partial charge in [0.25, 0.3) is 11.6 Å². The van der Waals surface area contributed by atoms with Gasteiger partial charge in [-0.15, -0.1) is 0 Å². The first-order chi connectivity index (χ1) is 11.3. The highest BCUT2D eigenvalue weighted by atomic mass is 32.2. The molecular formula is C16H21N3O4S. The Morgan fingerprint density at radius 1 is 1.46 bits per heavy atom. The third kappa shape index (κ3) is 3.28. The number of carbonyl (C=O) groups excluding carboxylic acids is 1. The van der Waals surface area contributed by atoms with Gasteiger partial charge in [0.05, 0.1) is 28.1 Å². The van der Waals surface area contributed by atoms with Crippen LogP contribution in [0.5, 0.6) is 0 Å². The minimum Gasteiger partial charge on any atom is -0.352 e. The molecule has 3 rings (SSSR count). The Labute approximate surface area is 140 Å². The molecule has 1 unspecified atom stereocenters. The first-order valence-electron chi connectivity index (χ1n) is 8.02.